The van der Waals surface area contributed by atoms with Gasteiger partial charge in [0.2, 0.25) is 0 Å². The first-order valence-electron chi connectivity index (χ1n) is 10.0. The van der Waals surface area contributed by atoms with Crippen LogP contribution in [0.25, 0.3) is 0 Å². The molecule has 1 atom stereocenters. The Hall–Kier alpha value is -2.57. The molecule has 1 saturated heterocycles. The molecule has 1 amide bonds. The van der Waals surface area contributed by atoms with Crippen molar-refractivity contribution < 1.29 is 14.3 Å². The number of likely N-dealkylation sites (N-methyl/N-ethyl adjacent to an activating group) is 1. The van der Waals surface area contributed by atoms with Crippen molar-refractivity contribution in [3.8, 4) is 11.5 Å². The molecule has 0 bridgehead atoms. The van der Waals surface area contributed by atoms with Crippen LogP contribution in [0.2, 0.25) is 0 Å². The molecule has 0 radical (unpaired) electrons. The lowest BCUT2D eigenvalue weighted by atomic mass is 10.0. The molecule has 1 unspecified atom stereocenters. The van der Waals surface area contributed by atoms with E-state index in [0.717, 1.165) is 26.2 Å². The van der Waals surface area contributed by atoms with Gasteiger partial charge in [-0.1, -0.05) is 29.8 Å². The van der Waals surface area contributed by atoms with E-state index in [1.165, 1.54) is 11.1 Å². The number of carbonyl (C=O) groups is 1. The van der Waals surface area contributed by atoms with Crippen LogP contribution in [0.15, 0.2) is 42.5 Å². The lowest BCUT2D eigenvalue weighted by molar-refractivity contribution is 0.0885. The minimum atomic E-state index is -0.131. The number of benzene rings is 2. The number of aryl methyl sites for hydroxylation is 1. The molecule has 0 aromatic heterocycles. The van der Waals surface area contributed by atoms with Gasteiger partial charge < -0.3 is 19.7 Å². The van der Waals surface area contributed by atoms with E-state index in [1.807, 2.05) is 0 Å². The summed E-state index contributed by atoms with van der Waals surface area (Å²) in [5.74, 6) is 1.07. The summed E-state index contributed by atoms with van der Waals surface area (Å²) in [7, 11) is 5.31. The minimum Gasteiger partial charge on any atom is -0.497 e. The van der Waals surface area contributed by atoms with E-state index >= 15 is 0 Å². The van der Waals surface area contributed by atoms with Crippen molar-refractivity contribution in [2.45, 2.75) is 13.0 Å². The van der Waals surface area contributed by atoms with E-state index in [2.05, 4.69) is 53.4 Å². The maximum Gasteiger partial charge on any atom is 0.251 e. The van der Waals surface area contributed by atoms with E-state index in [4.69, 9.17) is 9.47 Å². The predicted molar refractivity (Wildman–Crippen MR) is 115 cm³/mol. The topological polar surface area (TPSA) is 54.0 Å². The maximum absolute atomic E-state index is 12.9. The molecule has 29 heavy (non-hydrogen) atoms. The molecule has 6 nitrogen and oxygen atoms in total. The summed E-state index contributed by atoms with van der Waals surface area (Å²) >= 11 is 0. The van der Waals surface area contributed by atoms with Gasteiger partial charge in [0.05, 0.1) is 20.3 Å². The number of hydrogen-bond donors (Lipinski definition) is 1. The second-order valence-corrected chi connectivity index (χ2v) is 7.58. The fraction of sp³-hybridized carbons (Fsp3) is 0.435. The molecular formula is C23H31N3O3. The Morgan fingerprint density at radius 2 is 1.59 bits per heavy atom. The maximum atomic E-state index is 12.9. The zero-order valence-electron chi connectivity index (χ0n) is 17.8. The van der Waals surface area contributed by atoms with Crippen LogP contribution in [0.5, 0.6) is 11.5 Å². The monoisotopic (exact) mass is 397 g/mol. The number of ether oxygens (including phenoxy) is 2. The van der Waals surface area contributed by atoms with Crippen LogP contribution in [0.1, 0.15) is 27.5 Å². The number of piperazine rings is 1. The molecule has 1 heterocycles. The summed E-state index contributed by atoms with van der Waals surface area (Å²) in [4.78, 5) is 17.6. The molecule has 2 aromatic rings. The number of nitrogens with zero attached hydrogens (tertiary/aromatic N) is 2. The van der Waals surface area contributed by atoms with Crippen molar-refractivity contribution in [1.82, 2.24) is 15.1 Å². The summed E-state index contributed by atoms with van der Waals surface area (Å²) in [6.07, 6.45) is 0. The Labute approximate surface area is 173 Å². The van der Waals surface area contributed by atoms with Gasteiger partial charge in [0.15, 0.2) is 0 Å². The number of rotatable bonds is 7. The van der Waals surface area contributed by atoms with Gasteiger partial charge in [0, 0.05) is 44.4 Å². The van der Waals surface area contributed by atoms with Gasteiger partial charge in [-0.15, -0.1) is 0 Å². The van der Waals surface area contributed by atoms with Crippen LogP contribution in [0.4, 0.5) is 0 Å². The molecular weight excluding hydrogens is 366 g/mol. The van der Waals surface area contributed by atoms with E-state index in [-0.39, 0.29) is 11.9 Å². The average molecular weight is 398 g/mol. The van der Waals surface area contributed by atoms with Crippen LogP contribution < -0.4 is 14.8 Å². The highest BCUT2D eigenvalue weighted by molar-refractivity contribution is 5.95. The number of methoxy groups -OCH3 is 2. The highest BCUT2D eigenvalue weighted by atomic mass is 16.5. The van der Waals surface area contributed by atoms with Gasteiger partial charge >= 0.3 is 0 Å². The molecule has 1 fully saturated rings. The summed E-state index contributed by atoms with van der Waals surface area (Å²) in [6.45, 7) is 6.67. The minimum absolute atomic E-state index is 0.131. The Morgan fingerprint density at radius 1 is 1.00 bits per heavy atom. The Kier molecular flexibility index (Phi) is 7.12. The fourth-order valence-electron chi connectivity index (χ4n) is 3.61. The Bertz CT molecular complexity index is 792. The zero-order valence-corrected chi connectivity index (χ0v) is 17.8. The van der Waals surface area contributed by atoms with Gasteiger partial charge in [-0.05, 0) is 31.7 Å². The van der Waals surface area contributed by atoms with Crippen molar-refractivity contribution >= 4 is 5.91 Å². The van der Waals surface area contributed by atoms with Crippen LogP contribution in [-0.4, -0.2) is 69.7 Å². The molecule has 1 N–H and O–H groups in total. The molecule has 0 spiro atoms. The highest BCUT2D eigenvalue weighted by Crippen LogP contribution is 2.24. The quantitative estimate of drug-likeness (QED) is 0.779. The largest absolute Gasteiger partial charge is 0.497 e. The lowest BCUT2D eigenvalue weighted by Crippen LogP contribution is -2.48. The Morgan fingerprint density at radius 3 is 2.14 bits per heavy atom. The SMILES string of the molecule is COc1cc(OC)cc(C(=O)NCC(c2ccc(C)cc2)N2CCN(C)CC2)c1. The van der Waals surface area contributed by atoms with Crippen molar-refractivity contribution in [2.75, 3.05) is 54.0 Å². The van der Waals surface area contributed by atoms with E-state index in [1.54, 1.807) is 32.4 Å². The standard InChI is InChI=1S/C23H31N3O3/c1-17-5-7-18(8-6-17)22(26-11-9-25(2)10-12-26)16-24-23(27)19-13-20(28-3)15-21(14-19)29-4/h5-8,13-15,22H,9-12,16H2,1-4H3,(H,24,27). The Balaban J connectivity index is 1.75. The molecule has 6 heteroatoms. The molecule has 0 aliphatic carbocycles. The smallest absolute Gasteiger partial charge is 0.251 e. The predicted octanol–water partition coefficient (Wildman–Crippen LogP) is 2.73. The van der Waals surface area contributed by atoms with E-state index in [0.29, 0.717) is 23.6 Å². The van der Waals surface area contributed by atoms with Crippen molar-refractivity contribution in [1.29, 1.82) is 0 Å². The third kappa shape index (κ3) is 5.49. The summed E-state index contributed by atoms with van der Waals surface area (Å²) in [6, 6.07) is 14.0. The number of hydrogen-bond acceptors (Lipinski definition) is 5. The first-order valence-corrected chi connectivity index (χ1v) is 10.0. The molecule has 3 rings (SSSR count). The van der Waals surface area contributed by atoms with E-state index < -0.39 is 0 Å². The molecule has 0 saturated carbocycles. The second kappa shape index (κ2) is 9.76. The number of nitrogens with one attached hydrogen (secondary N) is 1. The van der Waals surface area contributed by atoms with Crippen molar-refractivity contribution in [3.63, 3.8) is 0 Å². The summed E-state index contributed by atoms with van der Waals surface area (Å²) in [5, 5.41) is 3.12. The second-order valence-electron chi connectivity index (χ2n) is 7.58. The van der Waals surface area contributed by atoms with Gasteiger partial charge in [-0.25, -0.2) is 0 Å². The van der Waals surface area contributed by atoms with Gasteiger partial charge in [0.1, 0.15) is 11.5 Å². The lowest BCUT2D eigenvalue weighted by Gasteiger charge is -2.38. The summed E-state index contributed by atoms with van der Waals surface area (Å²) < 4.78 is 10.6. The van der Waals surface area contributed by atoms with Crippen LogP contribution in [0.3, 0.4) is 0 Å². The first-order chi connectivity index (χ1) is 14.0. The van der Waals surface area contributed by atoms with Gasteiger partial charge in [0.25, 0.3) is 5.91 Å². The van der Waals surface area contributed by atoms with Crippen molar-refractivity contribution in [3.05, 3.63) is 59.2 Å². The highest BCUT2D eigenvalue weighted by Gasteiger charge is 2.24. The van der Waals surface area contributed by atoms with E-state index in [9.17, 15) is 4.79 Å². The first kappa shape index (κ1) is 21.1. The zero-order chi connectivity index (χ0) is 20.8. The van der Waals surface area contributed by atoms with Crippen molar-refractivity contribution in [2.24, 2.45) is 0 Å². The molecule has 2 aromatic carbocycles. The molecule has 1 aliphatic rings. The number of carbonyl (C=O) groups excluding carboxylic acids is 1. The third-order valence-corrected chi connectivity index (χ3v) is 5.51. The van der Waals surface area contributed by atoms with Crippen LogP contribution >= 0.6 is 0 Å². The average Bonchev–Trinajstić information content (AvgIpc) is 2.75. The molecule has 1 aliphatic heterocycles. The summed E-state index contributed by atoms with van der Waals surface area (Å²) in [5.41, 5.74) is 2.99. The number of amides is 1. The normalized spacial score (nSPS) is 16.3. The van der Waals surface area contributed by atoms with Crippen LogP contribution in [-0.2, 0) is 0 Å². The van der Waals surface area contributed by atoms with Gasteiger partial charge in [-0.3, -0.25) is 9.69 Å². The van der Waals surface area contributed by atoms with Crippen LogP contribution in [0, 0.1) is 6.92 Å². The van der Waals surface area contributed by atoms with Gasteiger partial charge in [-0.2, -0.15) is 0 Å². The third-order valence-electron chi connectivity index (χ3n) is 5.51. The molecule has 156 valence electrons. The fourth-order valence-corrected chi connectivity index (χ4v) is 3.61.